The Labute approximate surface area is 127 Å². The summed E-state index contributed by atoms with van der Waals surface area (Å²) in [6.45, 7) is 6.20. The Bertz CT molecular complexity index is 540. The third-order valence-corrected chi connectivity index (χ3v) is 4.44. The second kappa shape index (κ2) is 6.78. The molecule has 1 aliphatic heterocycles. The molecule has 2 rings (SSSR count). The molecule has 0 bridgehead atoms. The fraction of sp³-hybridized carbons (Fsp3) is 0.500. The Morgan fingerprint density at radius 1 is 1.33 bits per heavy atom. The van der Waals surface area contributed by atoms with Crippen LogP contribution in [0.15, 0.2) is 24.3 Å². The molecule has 21 heavy (non-hydrogen) atoms. The molecule has 1 aromatic rings. The highest BCUT2D eigenvalue weighted by Crippen LogP contribution is 2.18. The Morgan fingerprint density at radius 3 is 2.62 bits per heavy atom. The molecule has 0 aromatic heterocycles. The molecule has 1 N–H and O–H groups in total. The van der Waals surface area contributed by atoms with Gasteiger partial charge in [0.1, 0.15) is 5.54 Å². The Balaban J connectivity index is 1.94. The number of fused-ring (bicyclic) bond motifs is 1. The van der Waals surface area contributed by atoms with Gasteiger partial charge in [-0.2, -0.15) is 0 Å². The van der Waals surface area contributed by atoms with Gasteiger partial charge in [0, 0.05) is 13.1 Å². The van der Waals surface area contributed by atoms with Gasteiger partial charge < -0.3 is 5.32 Å². The normalized spacial score (nSPS) is 15.1. The van der Waals surface area contributed by atoms with Crippen LogP contribution in [0.2, 0.25) is 0 Å². The molecule has 3 heteroatoms. The van der Waals surface area contributed by atoms with E-state index in [1.165, 1.54) is 11.1 Å². The summed E-state index contributed by atoms with van der Waals surface area (Å²) in [4.78, 5) is 14.5. The van der Waals surface area contributed by atoms with Crippen LogP contribution in [-0.2, 0) is 17.8 Å². The van der Waals surface area contributed by atoms with Gasteiger partial charge >= 0.3 is 0 Å². The maximum absolute atomic E-state index is 12.3. The van der Waals surface area contributed by atoms with E-state index in [-0.39, 0.29) is 5.91 Å². The monoisotopic (exact) mass is 284 g/mol. The second-order valence-corrected chi connectivity index (χ2v) is 5.71. The standard InChI is InChI=1S/C18H24N2O/c1-4-18(5-2,6-3)19-17(21)14-20-12-11-15-9-7-8-10-16(15)13-20/h1,7-10H,5-6,11-14H2,2-3H3,(H,19,21). The molecule has 0 saturated heterocycles. The highest BCUT2D eigenvalue weighted by Gasteiger charge is 2.26. The second-order valence-electron chi connectivity index (χ2n) is 5.71. The van der Waals surface area contributed by atoms with Gasteiger partial charge in [-0.25, -0.2) is 0 Å². The quantitative estimate of drug-likeness (QED) is 0.842. The molecule has 1 amide bonds. The summed E-state index contributed by atoms with van der Waals surface area (Å²) < 4.78 is 0. The van der Waals surface area contributed by atoms with E-state index >= 15 is 0 Å². The van der Waals surface area contributed by atoms with Crippen LogP contribution in [0.4, 0.5) is 0 Å². The zero-order chi connectivity index (χ0) is 15.3. The van der Waals surface area contributed by atoms with Crippen molar-refractivity contribution in [2.75, 3.05) is 13.1 Å². The zero-order valence-corrected chi connectivity index (χ0v) is 13.0. The molecule has 0 atom stereocenters. The lowest BCUT2D eigenvalue weighted by Gasteiger charge is -2.31. The van der Waals surface area contributed by atoms with Crippen molar-refractivity contribution in [3.05, 3.63) is 35.4 Å². The van der Waals surface area contributed by atoms with Gasteiger partial charge in [0.2, 0.25) is 5.91 Å². The zero-order valence-electron chi connectivity index (χ0n) is 13.0. The van der Waals surface area contributed by atoms with Crippen LogP contribution in [0.3, 0.4) is 0 Å². The van der Waals surface area contributed by atoms with Crippen LogP contribution in [-0.4, -0.2) is 29.4 Å². The average molecular weight is 284 g/mol. The molecule has 0 unspecified atom stereocenters. The van der Waals surface area contributed by atoms with Gasteiger partial charge in [0.15, 0.2) is 0 Å². The van der Waals surface area contributed by atoms with Crippen LogP contribution < -0.4 is 5.32 Å². The van der Waals surface area contributed by atoms with Crippen LogP contribution >= 0.6 is 0 Å². The number of hydrogen-bond acceptors (Lipinski definition) is 2. The smallest absolute Gasteiger partial charge is 0.235 e. The average Bonchev–Trinajstić information content (AvgIpc) is 2.52. The summed E-state index contributed by atoms with van der Waals surface area (Å²) >= 11 is 0. The van der Waals surface area contributed by atoms with Crippen molar-refractivity contribution in [1.82, 2.24) is 10.2 Å². The van der Waals surface area contributed by atoms with E-state index in [1.807, 2.05) is 13.8 Å². The van der Waals surface area contributed by atoms with Gasteiger partial charge in [0.25, 0.3) is 0 Å². The van der Waals surface area contributed by atoms with Crippen molar-refractivity contribution in [2.45, 2.75) is 45.2 Å². The summed E-state index contributed by atoms with van der Waals surface area (Å²) in [6.07, 6.45) is 8.12. The summed E-state index contributed by atoms with van der Waals surface area (Å²) in [5.74, 6) is 2.77. The summed E-state index contributed by atoms with van der Waals surface area (Å²) in [5, 5.41) is 3.03. The van der Waals surface area contributed by atoms with Crippen molar-refractivity contribution in [1.29, 1.82) is 0 Å². The fourth-order valence-corrected chi connectivity index (χ4v) is 2.87. The Morgan fingerprint density at radius 2 is 2.00 bits per heavy atom. The van der Waals surface area contributed by atoms with E-state index in [4.69, 9.17) is 6.42 Å². The van der Waals surface area contributed by atoms with Crippen LogP contribution in [0.25, 0.3) is 0 Å². The molecular formula is C18H24N2O. The summed E-state index contributed by atoms with van der Waals surface area (Å²) in [6, 6.07) is 8.44. The first-order chi connectivity index (χ1) is 10.1. The molecule has 1 heterocycles. The van der Waals surface area contributed by atoms with E-state index in [1.54, 1.807) is 0 Å². The first-order valence-electron chi connectivity index (χ1n) is 7.70. The molecule has 112 valence electrons. The topological polar surface area (TPSA) is 32.3 Å². The predicted octanol–water partition coefficient (Wildman–Crippen LogP) is 2.35. The summed E-state index contributed by atoms with van der Waals surface area (Å²) in [5.41, 5.74) is 2.23. The third-order valence-electron chi connectivity index (χ3n) is 4.44. The van der Waals surface area contributed by atoms with Crippen molar-refractivity contribution in [3.63, 3.8) is 0 Å². The van der Waals surface area contributed by atoms with E-state index in [9.17, 15) is 4.79 Å². The molecule has 0 saturated carbocycles. The number of nitrogens with one attached hydrogen (secondary N) is 1. The first-order valence-corrected chi connectivity index (χ1v) is 7.70. The van der Waals surface area contributed by atoms with Crippen LogP contribution in [0.5, 0.6) is 0 Å². The largest absolute Gasteiger partial charge is 0.339 e. The number of nitrogens with zero attached hydrogens (tertiary/aromatic N) is 1. The predicted molar refractivity (Wildman–Crippen MR) is 85.7 cm³/mol. The number of carbonyl (C=O) groups is 1. The lowest BCUT2D eigenvalue weighted by Crippen LogP contribution is -2.50. The number of carbonyl (C=O) groups excluding carboxylic acids is 1. The van der Waals surface area contributed by atoms with Crippen molar-refractivity contribution < 1.29 is 4.79 Å². The lowest BCUT2D eigenvalue weighted by molar-refractivity contribution is -0.123. The van der Waals surface area contributed by atoms with E-state index in [0.717, 1.165) is 32.4 Å². The van der Waals surface area contributed by atoms with E-state index in [0.29, 0.717) is 6.54 Å². The maximum Gasteiger partial charge on any atom is 0.235 e. The fourth-order valence-electron chi connectivity index (χ4n) is 2.87. The van der Waals surface area contributed by atoms with Crippen LogP contribution in [0, 0.1) is 12.3 Å². The Kier molecular flexibility index (Phi) is 5.03. The minimum Gasteiger partial charge on any atom is -0.339 e. The molecule has 1 aliphatic rings. The number of benzene rings is 1. The molecule has 0 fully saturated rings. The number of terminal acetylenes is 1. The van der Waals surface area contributed by atoms with Gasteiger partial charge in [-0.15, -0.1) is 6.42 Å². The molecule has 0 radical (unpaired) electrons. The number of rotatable bonds is 5. The van der Waals surface area contributed by atoms with Gasteiger partial charge in [0.05, 0.1) is 6.54 Å². The van der Waals surface area contributed by atoms with Gasteiger partial charge in [-0.05, 0) is 30.4 Å². The highest BCUT2D eigenvalue weighted by molar-refractivity contribution is 5.79. The molecule has 0 spiro atoms. The molecule has 0 aliphatic carbocycles. The lowest BCUT2D eigenvalue weighted by atomic mass is 9.94. The van der Waals surface area contributed by atoms with Crippen molar-refractivity contribution >= 4 is 5.91 Å². The van der Waals surface area contributed by atoms with Gasteiger partial charge in [-0.3, -0.25) is 9.69 Å². The third kappa shape index (κ3) is 3.65. The van der Waals surface area contributed by atoms with E-state index in [2.05, 4.69) is 40.4 Å². The van der Waals surface area contributed by atoms with E-state index < -0.39 is 5.54 Å². The van der Waals surface area contributed by atoms with Crippen LogP contribution in [0.1, 0.15) is 37.8 Å². The molecular weight excluding hydrogens is 260 g/mol. The minimum atomic E-state index is -0.495. The minimum absolute atomic E-state index is 0.0241. The maximum atomic E-state index is 12.3. The number of hydrogen-bond donors (Lipinski definition) is 1. The highest BCUT2D eigenvalue weighted by atomic mass is 16.2. The Hall–Kier alpha value is -1.79. The summed E-state index contributed by atoms with van der Waals surface area (Å²) in [7, 11) is 0. The molecule has 1 aromatic carbocycles. The SMILES string of the molecule is C#CC(CC)(CC)NC(=O)CN1CCc2ccccc2C1. The number of amides is 1. The van der Waals surface area contributed by atoms with Crippen molar-refractivity contribution in [2.24, 2.45) is 0 Å². The molecule has 3 nitrogen and oxygen atoms in total. The van der Waals surface area contributed by atoms with Crippen molar-refractivity contribution in [3.8, 4) is 12.3 Å². The first kappa shape index (κ1) is 15.6. The van der Waals surface area contributed by atoms with Gasteiger partial charge in [-0.1, -0.05) is 44.0 Å².